The lowest BCUT2D eigenvalue weighted by atomic mass is 10.0. The van der Waals surface area contributed by atoms with Gasteiger partial charge in [0.05, 0.1) is 24.9 Å². The minimum absolute atomic E-state index is 0.106. The van der Waals surface area contributed by atoms with Gasteiger partial charge in [-0.2, -0.15) is 0 Å². The lowest BCUT2D eigenvalue weighted by molar-refractivity contribution is -0.113. The highest BCUT2D eigenvalue weighted by molar-refractivity contribution is 7.99. The van der Waals surface area contributed by atoms with Crippen LogP contribution in [0.1, 0.15) is 30.9 Å². The summed E-state index contributed by atoms with van der Waals surface area (Å²) in [5.74, 6) is 1.10. The first-order valence-corrected chi connectivity index (χ1v) is 12.4. The molecule has 1 N–H and O–H groups in total. The first kappa shape index (κ1) is 23.1. The molecule has 0 atom stereocenters. The molecule has 0 saturated heterocycles. The number of hydrogen-bond donors (Lipinski definition) is 1. The fourth-order valence-electron chi connectivity index (χ4n) is 3.43. The van der Waals surface area contributed by atoms with Gasteiger partial charge in [0.2, 0.25) is 5.91 Å². The Balaban J connectivity index is 1.56. The normalized spacial score (nSPS) is 11.2. The van der Waals surface area contributed by atoms with Gasteiger partial charge in [0.15, 0.2) is 5.16 Å². The van der Waals surface area contributed by atoms with Gasteiger partial charge in [0, 0.05) is 5.69 Å². The SMILES string of the molecule is COc1cccc(Cn2c(SCC(=O)Nc3cccc(C(C)C)c3)nc3ccsc3c2=O)c1. The van der Waals surface area contributed by atoms with E-state index >= 15 is 0 Å². The number of carbonyl (C=O) groups excluding carboxylic acids is 1. The van der Waals surface area contributed by atoms with Crippen molar-refractivity contribution in [1.29, 1.82) is 0 Å². The van der Waals surface area contributed by atoms with Gasteiger partial charge < -0.3 is 10.1 Å². The molecule has 2 aromatic heterocycles. The van der Waals surface area contributed by atoms with Crippen LogP contribution in [0.15, 0.2) is 69.9 Å². The van der Waals surface area contributed by atoms with Crippen molar-refractivity contribution in [2.45, 2.75) is 31.5 Å². The first-order valence-electron chi connectivity index (χ1n) is 10.6. The van der Waals surface area contributed by atoms with Crippen LogP contribution in [0.3, 0.4) is 0 Å². The van der Waals surface area contributed by atoms with Crippen molar-refractivity contribution in [2.75, 3.05) is 18.2 Å². The highest BCUT2D eigenvalue weighted by atomic mass is 32.2. The van der Waals surface area contributed by atoms with Crippen LogP contribution in [0, 0.1) is 0 Å². The minimum Gasteiger partial charge on any atom is -0.497 e. The number of benzene rings is 2. The Morgan fingerprint density at radius 2 is 2.00 bits per heavy atom. The predicted molar refractivity (Wildman–Crippen MR) is 136 cm³/mol. The van der Waals surface area contributed by atoms with Crippen molar-refractivity contribution in [1.82, 2.24) is 9.55 Å². The van der Waals surface area contributed by atoms with Crippen LogP contribution < -0.4 is 15.6 Å². The fourth-order valence-corrected chi connectivity index (χ4v) is 5.01. The second kappa shape index (κ2) is 10.2. The molecular formula is C25H25N3O3S2. The number of aromatic nitrogens is 2. The molecule has 0 radical (unpaired) electrons. The number of methoxy groups -OCH3 is 1. The first-order chi connectivity index (χ1) is 15.9. The van der Waals surface area contributed by atoms with E-state index in [1.807, 2.05) is 60.0 Å². The van der Waals surface area contributed by atoms with Gasteiger partial charge in [-0.25, -0.2) is 4.98 Å². The van der Waals surface area contributed by atoms with Crippen molar-refractivity contribution in [2.24, 2.45) is 0 Å². The topological polar surface area (TPSA) is 73.2 Å². The Morgan fingerprint density at radius 3 is 2.79 bits per heavy atom. The van der Waals surface area contributed by atoms with Crippen LogP contribution in [-0.2, 0) is 11.3 Å². The molecule has 0 spiro atoms. The predicted octanol–water partition coefficient (Wildman–Crippen LogP) is 5.37. The number of ether oxygens (including phenoxy) is 1. The summed E-state index contributed by atoms with van der Waals surface area (Å²) in [5, 5.41) is 5.32. The minimum atomic E-state index is -0.145. The standard InChI is InChI=1S/C25H25N3O3S2/c1-16(2)18-7-5-8-19(13-18)26-22(29)15-33-25-27-21-10-11-32-23(21)24(30)28(25)14-17-6-4-9-20(12-17)31-3/h4-13,16H,14-15H2,1-3H3,(H,26,29). The van der Waals surface area contributed by atoms with E-state index in [1.165, 1.54) is 23.1 Å². The molecule has 33 heavy (non-hydrogen) atoms. The molecule has 0 aliphatic heterocycles. The maximum Gasteiger partial charge on any atom is 0.272 e. The summed E-state index contributed by atoms with van der Waals surface area (Å²) in [6.45, 7) is 4.58. The molecule has 8 heteroatoms. The quantitative estimate of drug-likeness (QED) is 0.272. The van der Waals surface area contributed by atoms with Gasteiger partial charge in [0.25, 0.3) is 5.56 Å². The highest BCUT2D eigenvalue weighted by Gasteiger charge is 2.15. The van der Waals surface area contributed by atoms with Crippen molar-refractivity contribution in [3.8, 4) is 5.75 Å². The van der Waals surface area contributed by atoms with Crippen LogP contribution in [0.5, 0.6) is 5.75 Å². The summed E-state index contributed by atoms with van der Waals surface area (Å²) in [6.07, 6.45) is 0. The Hall–Kier alpha value is -3.10. The van der Waals surface area contributed by atoms with Gasteiger partial charge in [-0.3, -0.25) is 14.2 Å². The average Bonchev–Trinajstić information content (AvgIpc) is 3.29. The third-order valence-corrected chi connectivity index (χ3v) is 7.04. The molecule has 1 amide bonds. The summed E-state index contributed by atoms with van der Waals surface area (Å²) in [5.41, 5.74) is 3.40. The number of anilines is 1. The maximum atomic E-state index is 13.2. The number of thioether (sulfide) groups is 1. The smallest absolute Gasteiger partial charge is 0.272 e. The van der Waals surface area contributed by atoms with Gasteiger partial charge in [-0.1, -0.05) is 49.9 Å². The summed E-state index contributed by atoms with van der Waals surface area (Å²) >= 11 is 2.64. The third kappa shape index (κ3) is 5.46. The van der Waals surface area contributed by atoms with Crippen molar-refractivity contribution < 1.29 is 9.53 Å². The number of carbonyl (C=O) groups is 1. The number of hydrogen-bond acceptors (Lipinski definition) is 6. The van der Waals surface area contributed by atoms with Crippen molar-refractivity contribution in [3.05, 3.63) is 81.5 Å². The molecule has 0 aliphatic rings. The molecule has 4 aromatic rings. The molecule has 0 unspecified atom stereocenters. The van der Waals surface area contributed by atoms with Gasteiger partial charge in [0.1, 0.15) is 10.4 Å². The van der Waals surface area contributed by atoms with Gasteiger partial charge >= 0.3 is 0 Å². The Labute approximate surface area is 200 Å². The van der Waals surface area contributed by atoms with E-state index < -0.39 is 0 Å². The van der Waals surface area contributed by atoms with Crippen LogP contribution in [0.4, 0.5) is 5.69 Å². The Morgan fingerprint density at radius 1 is 1.18 bits per heavy atom. The number of fused-ring (bicyclic) bond motifs is 1. The molecule has 2 heterocycles. The molecule has 0 saturated carbocycles. The Kier molecular flexibility index (Phi) is 7.15. The van der Waals surface area contributed by atoms with Crippen LogP contribution >= 0.6 is 23.1 Å². The van der Waals surface area contributed by atoms with Crippen LogP contribution in [0.2, 0.25) is 0 Å². The summed E-state index contributed by atoms with van der Waals surface area (Å²) in [4.78, 5) is 30.5. The molecule has 6 nitrogen and oxygen atoms in total. The Bertz CT molecular complexity index is 1340. The van der Waals surface area contributed by atoms with E-state index in [4.69, 9.17) is 4.74 Å². The monoisotopic (exact) mass is 479 g/mol. The highest BCUT2D eigenvalue weighted by Crippen LogP contribution is 2.23. The summed E-state index contributed by atoms with van der Waals surface area (Å²) < 4.78 is 7.55. The number of thiophene rings is 1. The van der Waals surface area contributed by atoms with Gasteiger partial charge in [-0.15, -0.1) is 11.3 Å². The van der Waals surface area contributed by atoms with E-state index in [-0.39, 0.29) is 17.2 Å². The molecule has 2 aromatic carbocycles. The van der Waals surface area contributed by atoms with Crippen molar-refractivity contribution in [3.63, 3.8) is 0 Å². The van der Waals surface area contributed by atoms with E-state index in [2.05, 4.69) is 24.1 Å². The maximum absolute atomic E-state index is 13.2. The second-order valence-electron chi connectivity index (χ2n) is 7.89. The molecule has 170 valence electrons. The number of amides is 1. The van der Waals surface area contributed by atoms with Gasteiger partial charge in [-0.05, 0) is 52.8 Å². The van der Waals surface area contributed by atoms with E-state index in [1.54, 1.807) is 11.7 Å². The lowest BCUT2D eigenvalue weighted by Crippen LogP contribution is -2.24. The molecule has 0 fully saturated rings. The number of rotatable bonds is 8. The van der Waals surface area contributed by atoms with Crippen molar-refractivity contribution >= 4 is 44.9 Å². The molecular weight excluding hydrogens is 454 g/mol. The summed E-state index contributed by atoms with van der Waals surface area (Å²) in [7, 11) is 1.61. The van der Waals surface area contributed by atoms with E-state index in [0.717, 1.165) is 22.6 Å². The van der Waals surface area contributed by atoms with Crippen LogP contribution in [-0.4, -0.2) is 28.3 Å². The zero-order chi connectivity index (χ0) is 23.4. The second-order valence-corrected chi connectivity index (χ2v) is 9.75. The molecule has 0 aliphatic carbocycles. The van der Waals surface area contributed by atoms with E-state index in [9.17, 15) is 9.59 Å². The van der Waals surface area contributed by atoms with E-state index in [0.29, 0.717) is 27.8 Å². The molecule has 4 rings (SSSR count). The lowest BCUT2D eigenvalue weighted by Gasteiger charge is -2.13. The fraction of sp³-hybridized carbons (Fsp3) is 0.240. The zero-order valence-electron chi connectivity index (χ0n) is 18.7. The molecule has 0 bridgehead atoms. The largest absolute Gasteiger partial charge is 0.497 e. The third-order valence-electron chi connectivity index (χ3n) is 5.18. The number of nitrogens with one attached hydrogen (secondary N) is 1. The number of nitrogens with zero attached hydrogens (tertiary/aromatic N) is 2. The van der Waals surface area contributed by atoms with Crippen LogP contribution in [0.25, 0.3) is 10.2 Å². The average molecular weight is 480 g/mol. The summed E-state index contributed by atoms with van der Waals surface area (Å²) in [6, 6.07) is 17.3. The zero-order valence-corrected chi connectivity index (χ0v) is 20.3.